The fourth-order valence-corrected chi connectivity index (χ4v) is 4.04. The lowest BCUT2D eigenvalue weighted by Gasteiger charge is -2.22. The van der Waals surface area contributed by atoms with Crippen LogP contribution in [0.1, 0.15) is 28.4 Å². The van der Waals surface area contributed by atoms with Crippen LogP contribution in [0.2, 0.25) is 0 Å². The lowest BCUT2D eigenvalue weighted by atomic mass is 9.95. The molecule has 1 atom stereocenters. The predicted molar refractivity (Wildman–Crippen MR) is 113 cm³/mol. The van der Waals surface area contributed by atoms with Crippen LogP contribution in [0.5, 0.6) is 11.5 Å². The number of ether oxygens (including phenoxy) is 2. The van der Waals surface area contributed by atoms with Crippen LogP contribution in [0.15, 0.2) is 66.7 Å². The number of aromatic amines is 1. The Morgan fingerprint density at radius 2 is 1.74 bits per heavy atom. The van der Waals surface area contributed by atoms with Crippen molar-refractivity contribution in [2.75, 3.05) is 12.1 Å². The van der Waals surface area contributed by atoms with Gasteiger partial charge in [0.15, 0.2) is 11.5 Å². The maximum absolute atomic E-state index is 13.3. The summed E-state index contributed by atoms with van der Waals surface area (Å²) in [6.45, 7) is 2.11. The summed E-state index contributed by atoms with van der Waals surface area (Å²) in [5, 5.41) is 4.32. The molecule has 4 aromatic rings. The minimum absolute atomic E-state index is 0.149. The zero-order chi connectivity index (χ0) is 21.6. The molecule has 2 heterocycles. The highest BCUT2D eigenvalue weighted by Crippen LogP contribution is 2.40. The first-order valence-corrected chi connectivity index (χ1v) is 9.81. The number of aromatic nitrogens is 1. The third kappa shape index (κ3) is 3.56. The second-order valence-corrected chi connectivity index (χ2v) is 7.48. The molecule has 0 spiro atoms. The first-order chi connectivity index (χ1) is 14.9. The van der Waals surface area contributed by atoms with Crippen LogP contribution in [0.25, 0.3) is 10.9 Å². The van der Waals surface area contributed by atoms with Crippen molar-refractivity contribution in [3.8, 4) is 11.5 Å². The molecule has 5 rings (SSSR count). The number of H-pyrrole nitrogens is 1. The summed E-state index contributed by atoms with van der Waals surface area (Å²) < 4.78 is 50.7. The van der Waals surface area contributed by atoms with Gasteiger partial charge in [0.25, 0.3) is 0 Å². The van der Waals surface area contributed by atoms with Crippen LogP contribution in [-0.2, 0) is 6.18 Å². The van der Waals surface area contributed by atoms with Crippen molar-refractivity contribution in [1.82, 2.24) is 4.98 Å². The topological polar surface area (TPSA) is 46.3 Å². The van der Waals surface area contributed by atoms with Gasteiger partial charge in [0.05, 0.1) is 11.6 Å². The first kappa shape index (κ1) is 19.4. The fraction of sp³-hybridized carbons (Fsp3) is 0.167. The summed E-state index contributed by atoms with van der Waals surface area (Å²) in [6, 6.07) is 18.3. The smallest absolute Gasteiger partial charge is 0.416 e. The SMILES string of the molecule is Cc1[nH]c2ccccc2c1C(Nc1cccc(C(F)(F)F)c1)c1ccc2c(c1)OCO2. The van der Waals surface area contributed by atoms with Gasteiger partial charge in [-0.05, 0) is 48.9 Å². The molecule has 1 unspecified atom stereocenters. The van der Waals surface area contributed by atoms with Crippen molar-refractivity contribution in [2.45, 2.75) is 19.1 Å². The molecule has 158 valence electrons. The Morgan fingerprint density at radius 3 is 2.58 bits per heavy atom. The number of alkyl halides is 3. The van der Waals surface area contributed by atoms with Gasteiger partial charge < -0.3 is 19.8 Å². The Bertz CT molecular complexity index is 1260. The summed E-state index contributed by atoms with van der Waals surface area (Å²) in [7, 11) is 0. The van der Waals surface area contributed by atoms with Gasteiger partial charge in [-0.25, -0.2) is 0 Å². The molecule has 0 bridgehead atoms. The van der Waals surface area contributed by atoms with E-state index in [1.807, 2.05) is 49.4 Å². The lowest BCUT2D eigenvalue weighted by molar-refractivity contribution is -0.137. The highest BCUT2D eigenvalue weighted by atomic mass is 19.4. The second-order valence-electron chi connectivity index (χ2n) is 7.48. The van der Waals surface area contributed by atoms with Crippen LogP contribution >= 0.6 is 0 Å². The Kier molecular flexibility index (Phi) is 4.54. The summed E-state index contributed by atoms with van der Waals surface area (Å²) in [6.07, 6.45) is -4.41. The number of nitrogens with one attached hydrogen (secondary N) is 2. The standard InChI is InChI=1S/C24H19F3N2O2/c1-14-22(18-7-2-3-8-19(18)28-14)23(15-9-10-20-21(11-15)31-13-30-20)29-17-6-4-5-16(12-17)24(25,26)27/h2-12,23,28-29H,13H2,1H3. The summed E-state index contributed by atoms with van der Waals surface area (Å²) >= 11 is 0. The number of hydrogen-bond donors (Lipinski definition) is 2. The van der Waals surface area contributed by atoms with E-state index in [9.17, 15) is 13.2 Å². The van der Waals surface area contributed by atoms with E-state index in [4.69, 9.17) is 9.47 Å². The summed E-state index contributed by atoms with van der Waals surface area (Å²) in [5.41, 5.74) is 3.40. The summed E-state index contributed by atoms with van der Waals surface area (Å²) in [4.78, 5) is 3.38. The van der Waals surface area contributed by atoms with Crippen molar-refractivity contribution < 1.29 is 22.6 Å². The van der Waals surface area contributed by atoms with E-state index < -0.39 is 17.8 Å². The number of rotatable bonds is 4. The first-order valence-electron chi connectivity index (χ1n) is 9.81. The molecule has 0 saturated heterocycles. The molecule has 0 saturated carbocycles. The molecule has 7 heteroatoms. The van der Waals surface area contributed by atoms with Crippen LogP contribution in [-0.4, -0.2) is 11.8 Å². The largest absolute Gasteiger partial charge is 0.454 e. The zero-order valence-corrected chi connectivity index (χ0v) is 16.6. The van der Waals surface area contributed by atoms with E-state index in [2.05, 4.69) is 10.3 Å². The van der Waals surface area contributed by atoms with Gasteiger partial charge in [0.2, 0.25) is 6.79 Å². The molecule has 0 radical (unpaired) electrons. The van der Waals surface area contributed by atoms with E-state index >= 15 is 0 Å². The molecule has 0 fully saturated rings. The molecule has 4 nitrogen and oxygen atoms in total. The van der Waals surface area contributed by atoms with Crippen LogP contribution < -0.4 is 14.8 Å². The highest BCUT2D eigenvalue weighted by Gasteiger charge is 2.31. The van der Waals surface area contributed by atoms with Crippen LogP contribution in [0, 0.1) is 6.92 Å². The van der Waals surface area contributed by atoms with Gasteiger partial charge in [-0.1, -0.05) is 30.3 Å². The van der Waals surface area contributed by atoms with Gasteiger partial charge in [0.1, 0.15) is 0 Å². The van der Waals surface area contributed by atoms with E-state index in [0.717, 1.165) is 39.9 Å². The molecule has 0 amide bonds. The van der Waals surface area contributed by atoms with Crippen molar-refractivity contribution in [1.29, 1.82) is 0 Å². The van der Waals surface area contributed by atoms with Gasteiger partial charge in [-0.2, -0.15) is 13.2 Å². The third-order valence-corrected chi connectivity index (χ3v) is 5.46. The molecule has 0 aliphatic carbocycles. The van der Waals surface area contributed by atoms with Gasteiger partial charge >= 0.3 is 6.18 Å². The van der Waals surface area contributed by atoms with E-state index in [0.29, 0.717) is 17.2 Å². The number of para-hydroxylation sites is 1. The predicted octanol–water partition coefficient (Wildman–Crippen LogP) is 6.43. The maximum atomic E-state index is 13.3. The van der Waals surface area contributed by atoms with Gasteiger partial charge in [0, 0.05) is 27.8 Å². The number of hydrogen-bond acceptors (Lipinski definition) is 3. The van der Waals surface area contributed by atoms with Crippen molar-refractivity contribution in [2.24, 2.45) is 0 Å². The Hall–Kier alpha value is -3.61. The van der Waals surface area contributed by atoms with E-state index in [1.165, 1.54) is 6.07 Å². The number of benzene rings is 3. The minimum atomic E-state index is -4.41. The lowest BCUT2D eigenvalue weighted by Crippen LogP contribution is -2.14. The highest BCUT2D eigenvalue weighted by molar-refractivity contribution is 5.86. The van der Waals surface area contributed by atoms with Crippen molar-refractivity contribution in [3.05, 3.63) is 89.1 Å². The van der Waals surface area contributed by atoms with Crippen molar-refractivity contribution >= 4 is 16.6 Å². The van der Waals surface area contributed by atoms with Gasteiger partial charge in [-0.3, -0.25) is 0 Å². The molecular weight excluding hydrogens is 405 g/mol. The number of halogens is 3. The average molecular weight is 424 g/mol. The molecular formula is C24H19F3N2O2. The second kappa shape index (κ2) is 7.27. The Balaban J connectivity index is 1.64. The molecule has 2 N–H and O–H groups in total. The van der Waals surface area contributed by atoms with E-state index in [1.54, 1.807) is 6.07 Å². The molecule has 1 aromatic heterocycles. The Labute approximate surface area is 176 Å². The minimum Gasteiger partial charge on any atom is -0.454 e. The number of aryl methyl sites for hydroxylation is 1. The van der Waals surface area contributed by atoms with Crippen molar-refractivity contribution in [3.63, 3.8) is 0 Å². The van der Waals surface area contributed by atoms with Crippen LogP contribution in [0.4, 0.5) is 18.9 Å². The molecule has 31 heavy (non-hydrogen) atoms. The fourth-order valence-electron chi connectivity index (χ4n) is 4.04. The zero-order valence-electron chi connectivity index (χ0n) is 16.6. The van der Waals surface area contributed by atoms with Crippen LogP contribution in [0.3, 0.4) is 0 Å². The normalized spacial score (nSPS) is 14.1. The summed E-state index contributed by atoms with van der Waals surface area (Å²) in [5.74, 6) is 1.27. The third-order valence-electron chi connectivity index (χ3n) is 5.46. The molecule has 1 aliphatic rings. The quantitative estimate of drug-likeness (QED) is 0.397. The Morgan fingerprint density at radius 1 is 0.935 bits per heavy atom. The number of anilines is 1. The monoisotopic (exact) mass is 424 g/mol. The maximum Gasteiger partial charge on any atom is 0.416 e. The van der Waals surface area contributed by atoms with E-state index in [-0.39, 0.29) is 6.79 Å². The molecule has 3 aromatic carbocycles. The molecule has 1 aliphatic heterocycles. The van der Waals surface area contributed by atoms with Gasteiger partial charge in [-0.15, -0.1) is 0 Å². The number of fused-ring (bicyclic) bond motifs is 2. The average Bonchev–Trinajstić information content (AvgIpc) is 3.34.